The molecule has 0 aromatic carbocycles. The molecule has 0 fully saturated rings. The lowest BCUT2D eigenvalue weighted by Gasteiger charge is -2.00. The van der Waals surface area contributed by atoms with E-state index in [1.54, 1.807) is 0 Å². The summed E-state index contributed by atoms with van der Waals surface area (Å²) >= 11 is 5.75. The van der Waals surface area contributed by atoms with Gasteiger partial charge in [0, 0.05) is 12.2 Å². The first-order valence-electron chi connectivity index (χ1n) is 4.41. The van der Waals surface area contributed by atoms with Gasteiger partial charge in [-0.1, -0.05) is 11.6 Å². The molecule has 1 aliphatic rings. The van der Waals surface area contributed by atoms with Crippen LogP contribution in [0, 0.1) is 0 Å². The third-order valence-corrected chi connectivity index (χ3v) is 2.89. The second kappa shape index (κ2) is 3.27. The van der Waals surface area contributed by atoms with Crippen molar-refractivity contribution in [3.05, 3.63) is 22.0 Å². The first kappa shape index (κ1) is 10.0. The molecule has 6 heteroatoms. The summed E-state index contributed by atoms with van der Waals surface area (Å²) < 4.78 is 1.48. The molecule has 0 amide bonds. The number of halogens is 1. The first-order chi connectivity index (χ1) is 7.04. The van der Waals surface area contributed by atoms with E-state index in [1.807, 2.05) is 0 Å². The Morgan fingerprint density at radius 2 is 1.93 bits per heavy atom. The Hall–Kier alpha value is -1.49. The van der Waals surface area contributed by atoms with E-state index in [-0.39, 0.29) is 16.3 Å². The minimum atomic E-state index is -1.18. The van der Waals surface area contributed by atoms with Crippen molar-refractivity contribution in [2.24, 2.45) is 0 Å². The van der Waals surface area contributed by atoms with Gasteiger partial charge in [-0.25, -0.2) is 9.59 Å². The van der Waals surface area contributed by atoms with Gasteiger partial charge in [0.05, 0.1) is 10.6 Å². The van der Waals surface area contributed by atoms with Gasteiger partial charge < -0.3 is 14.8 Å². The van der Waals surface area contributed by atoms with Gasteiger partial charge >= 0.3 is 11.9 Å². The largest absolute Gasteiger partial charge is 0.478 e. The molecule has 2 heterocycles. The number of carbonyl (C=O) groups is 2. The molecule has 0 atom stereocenters. The summed E-state index contributed by atoms with van der Waals surface area (Å²) in [4.78, 5) is 21.8. The molecule has 0 aliphatic carbocycles. The Bertz CT molecular complexity index is 424. The summed E-state index contributed by atoms with van der Waals surface area (Å²) in [5, 5.41) is 17.7. The Kier molecular flexibility index (Phi) is 2.19. The lowest BCUT2D eigenvalue weighted by molar-refractivity contribution is 0.0682. The number of carboxylic acids is 2. The average molecular weight is 230 g/mol. The molecular formula is C9H8ClNO4. The molecule has 1 aromatic heterocycles. The zero-order chi connectivity index (χ0) is 11.2. The van der Waals surface area contributed by atoms with Crippen LogP contribution in [0.5, 0.6) is 0 Å². The van der Waals surface area contributed by atoms with Crippen LogP contribution in [-0.2, 0) is 13.0 Å². The van der Waals surface area contributed by atoms with Gasteiger partial charge in [0.2, 0.25) is 0 Å². The number of aromatic nitrogens is 1. The fraction of sp³-hybridized carbons (Fsp3) is 0.333. The van der Waals surface area contributed by atoms with Crippen LogP contribution in [0.25, 0.3) is 0 Å². The molecule has 15 heavy (non-hydrogen) atoms. The SMILES string of the molecule is O=C(O)c1c(Cl)c(C(=O)O)n2c1CCC2. The topological polar surface area (TPSA) is 79.5 Å². The van der Waals surface area contributed by atoms with Crippen molar-refractivity contribution in [2.75, 3.05) is 0 Å². The number of nitrogens with zero attached hydrogens (tertiary/aromatic N) is 1. The van der Waals surface area contributed by atoms with E-state index < -0.39 is 11.9 Å². The van der Waals surface area contributed by atoms with Gasteiger partial charge in [0.25, 0.3) is 0 Å². The Morgan fingerprint density at radius 1 is 1.27 bits per heavy atom. The number of rotatable bonds is 2. The summed E-state index contributed by atoms with van der Waals surface area (Å²) in [5.74, 6) is -2.35. The summed E-state index contributed by atoms with van der Waals surface area (Å²) in [6, 6.07) is 0. The predicted octanol–water partition coefficient (Wildman–Crippen LogP) is 1.48. The van der Waals surface area contributed by atoms with Crippen LogP contribution in [0.1, 0.15) is 33.0 Å². The van der Waals surface area contributed by atoms with E-state index in [0.717, 1.165) is 6.42 Å². The van der Waals surface area contributed by atoms with Crippen LogP contribution < -0.4 is 0 Å². The zero-order valence-electron chi connectivity index (χ0n) is 7.66. The Morgan fingerprint density at radius 3 is 2.47 bits per heavy atom. The fourth-order valence-corrected chi connectivity index (χ4v) is 2.34. The highest BCUT2D eigenvalue weighted by atomic mass is 35.5. The van der Waals surface area contributed by atoms with Crippen LogP contribution in [0.3, 0.4) is 0 Å². The second-order valence-corrected chi connectivity index (χ2v) is 3.73. The van der Waals surface area contributed by atoms with E-state index in [2.05, 4.69) is 0 Å². The van der Waals surface area contributed by atoms with Gasteiger partial charge in [0.1, 0.15) is 5.69 Å². The second-order valence-electron chi connectivity index (χ2n) is 3.35. The standard InChI is InChI=1S/C9H8ClNO4/c10-6-5(8(12)13)4-2-1-3-11(4)7(6)9(14)15/h1-3H2,(H,12,13)(H,14,15). The van der Waals surface area contributed by atoms with Gasteiger partial charge in [-0.2, -0.15) is 0 Å². The van der Waals surface area contributed by atoms with Crippen molar-refractivity contribution < 1.29 is 19.8 Å². The molecule has 0 spiro atoms. The van der Waals surface area contributed by atoms with Crippen molar-refractivity contribution in [2.45, 2.75) is 19.4 Å². The average Bonchev–Trinajstić information content (AvgIpc) is 2.60. The summed E-state index contributed by atoms with van der Waals surface area (Å²) in [5.41, 5.74) is 0.345. The minimum Gasteiger partial charge on any atom is -0.478 e. The Labute approximate surface area is 89.9 Å². The summed E-state index contributed by atoms with van der Waals surface area (Å²) in [6.07, 6.45) is 1.32. The van der Waals surface area contributed by atoms with Crippen molar-refractivity contribution in [3.63, 3.8) is 0 Å². The fourth-order valence-electron chi connectivity index (χ4n) is 1.97. The number of aromatic carboxylic acids is 2. The van der Waals surface area contributed by atoms with Crippen molar-refractivity contribution in [1.29, 1.82) is 0 Å². The minimum absolute atomic E-state index is 0.0634. The van der Waals surface area contributed by atoms with Crippen molar-refractivity contribution >= 4 is 23.5 Å². The molecule has 0 bridgehead atoms. The number of hydrogen-bond acceptors (Lipinski definition) is 2. The first-order valence-corrected chi connectivity index (χ1v) is 4.79. The van der Waals surface area contributed by atoms with Crippen molar-refractivity contribution in [1.82, 2.24) is 4.57 Å². The molecule has 0 saturated heterocycles. The lowest BCUT2D eigenvalue weighted by atomic mass is 10.2. The Balaban J connectivity index is 2.73. The molecule has 2 rings (SSSR count). The monoisotopic (exact) mass is 229 g/mol. The lowest BCUT2D eigenvalue weighted by Crippen LogP contribution is -2.06. The van der Waals surface area contributed by atoms with Crippen LogP contribution >= 0.6 is 11.6 Å². The molecule has 0 unspecified atom stereocenters. The zero-order valence-corrected chi connectivity index (χ0v) is 8.41. The van der Waals surface area contributed by atoms with Gasteiger partial charge in [0.15, 0.2) is 0 Å². The highest BCUT2D eigenvalue weighted by Gasteiger charge is 2.31. The molecule has 2 N–H and O–H groups in total. The van der Waals surface area contributed by atoms with Crippen LogP contribution in [0.2, 0.25) is 5.02 Å². The molecule has 0 saturated carbocycles. The number of carboxylic acid groups (broad SMARTS) is 2. The van der Waals surface area contributed by atoms with Gasteiger partial charge in [-0.05, 0) is 12.8 Å². The van der Waals surface area contributed by atoms with Gasteiger partial charge in [-0.15, -0.1) is 0 Å². The smallest absolute Gasteiger partial charge is 0.354 e. The highest BCUT2D eigenvalue weighted by molar-refractivity contribution is 6.36. The molecule has 1 aromatic rings. The number of fused-ring (bicyclic) bond motifs is 1. The van der Waals surface area contributed by atoms with E-state index >= 15 is 0 Å². The highest BCUT2D eigenvalue weighted by Crippen LogP contribution is 2.32. The van der Waals surface area contributed by atoms with E-state index in [0.29, 0.717) is 18.7 Å². The summed E-state index contributed by atoms with van der Waals surface area (Å²) in [6.45, 7) is 0.518. The van der Waals surface area contributed by atoms with Gasteiger partial charge in [-0.3, -0.25) is 0 Å². The molecule has 5 nitrogen and oxygen atoms in total. The van der Waals surface area contributed by atoms with Crippen molar-refractivity contribution in [3.8, 4) is 0 Å². The molecular weight excluding hydrogens is 222 g/mol. The third kappa shape index (κ3) is 1.31. The van der Waals surface area contributed by atoms with E-state index in [1.165, 1.54) is 4.57 Å². The normalized spacial score (nSPS) is 13.9. The van der Waals surface area contributed by atoms with Crippen LogP contribution in [0.4, 0.5) is 0 Å². The number of hydrogen-bond donors (Lipinski definition) is 2. The van der Waals surface area contributed by atoms with E-state index in [4.69, 9.17) is 21.8 Å². The predicted molar refractivity (Wildman–Crippen MR) is 51.7 cm³/mol. The molecule has 80 valence electrons. The maximum Gasteiger partial charge on any atom is 0.354 e. The maximum absolute atomic E-state index is 10.9. The summed E-state index contributed by atoms with van der Waals surface area (Å²) in [7, 11) is 0. The van der Waals surface area contributed by atoms with Crippen LogP contribution in [-0.4, -0.2) is 26.7 Å². The molecule has 0 radical (unpaired) electrons. The van der Waals surface area contributed by atoms with E-state index in [9.17, 15) is 9.59 Å². The third-order valence-electron chi connectivity index (χ3n) is 2.52. The quantitative estimate of drug-likeness (QED) is 0.805. The maximum atomic E-state index is 10.9. The van der Waals surface area contributed by atoms with Crippen LogP contribution in [0.15, 0.2) is 0 Å². The molecule has 1 aliphatic heterocycles.